The van der Waals surface area contributed by atoms with Crippen LogP contribution in [0.25, 0.3) is 5.69 Å². The van der Waals surface area contributed by atoms with E-state index in [2.05, 4.69) is 37.0 Å². The summed E-state index contributed by atoms with van der Waals surface area (Å²) in [5, 5.41) is 4.48. The van der Waals surface area contributed by atoms with Crippen molar-refractivity contribution in [2.45, 2.75) is 13.8 Å². The zero-order valence-corrected chi connectivity index (χ0v) is 13.9. The number of aromatic nitrogens is 2. The average Bonchev–Trinajstić information content (AvgIpc) is 2.56. The maximum atomic E-state index is 5.63. The Hall–Kier alpha value is -0.720. The van der Waals surface area contributed by atoms with E-state index in [1.54, 1.807) is 0 Å². The van der Waals surface area contributed by atoms with Gasteiger partial charge in [0.15, 0.2) is 0 Å². The van der Waals surface area contributed by atoms with Gasteiger partial charge in [-0.1, -0.05) is 12.2 Å². The van der Waals surface area contributed by atoms with Gasteiger partial charge in [0.25, 0.3) is 0 Å². The molecule has 0 fully saturated rings. The summed E-state index contributed by atoms with van der Waals surface area (Å²) >= 11 is 12.0. The Kier molecular flexibility index (Phi) is 3.89. The summed E-state index contributed by atoms with van der Waals surface area (Å²) in [5.41, 5.74) is 9.45. The molecule has 0 aliphatic heterocycles. The smallest absolute Gasteiger partial charge is 0.105 e. The first-order chi connectivity index (χ1) is 8.41. The van der Waals surface area contributed by atoms with E-state index in [1.165, 1.54) is 0 Å². The summed E-state index contributed by atoms with van der Waals surface area (Å²) < 4.78 is 3.78. The Balaban J connectivity index is 2.55. The topological polar surface area (TPSA) is 43.8 Å². The van der Waals surface area contributed by atoms with Crippen molar-refractivity contribution in [2.75, 3.05) is 0 Å². The van der Waals surface area contributed by atoms with Crippen LogP contribution in [-0.4, -0.2) is 14.8 Å². The number of halogens is 2. The summed E-state index contributed by atoms with van der Waals surface area (Å²) in [7, 11) is 0. The fourth-order valence-electron chi connectivity index (χ4n) is 1.71. The number of hydrogen-bond donors (Lipinski definition) is 1. The molecule has 94 valence electrons. The van der Waals surface area contributed by atoms with E-state index in [9.17, 15) is 0 Å². The van der Waals surface area contributed by atoms with E-state index in [1.807, 2.05) is 36.7 Å². The summed E-state index contributed by atoms with van der Waals surface area (Å²) in [5.74, 6) is 0. The molecule has 2 aromatic rings. The number of benzene rings is 1. The molecule has 0 saturated heterocycles. The molecule has 0 spiro atoms. The van der Waals surface area contributed by atoms with E-state index in [-0.39, 0.29) is 0 Å². The van der Waals surface area contributed by atoms with Crippen molar-refractivity contribution in [3.05, 3.63) is 44.1 Å². The van der Waals surface area contributed by atoms with Crippen molar-refractivity contribution in [3.8, 4) is 5.69 Å². The minimum Gasteiger partial charge on any atom is -0.389 e. The highest BCUT2D eigenvalue weighted by Crippen LogP contribution is 2.26. The van der Waals surface area contributed by atoms with Gasteiger partial charge in [-0.2, -0.15) is 5.10 Å². The van der Waals surface area contributed by atoms with Crippen LogP contribution >= 0.6 is 44.1 Å². The van der Waals surface area contributed by atoms with Gasteiger partial charge in [0.2, 0.25) is 0 Å². The fourth-order valence-corrected chi connectivity index (χ4v) is 2.85. The molecule has 0 amide bonds. The number of nitrogens with zero attached hydrogens (tertiary/aromatic N) is 2. The maximum absolute atomic E-state index is 5.63. The van der Waals surface area contributed by atoms with Crippen LogP contribution in [-0.2, 0) is 0 Å². The first-order valence-electron chi connectivity index (χ1n) is 5.23. The van der Waals surface area contributed by atoms with Gasteiger partial charge >= 0.3 is 0 Å². The number of nitrogens with two attached hydrogens (primary N) is 1. The van der Waals surface area contributed by atoms with Crippen LogP contribution in [0.4, 0.5) is 0 Å². The quantitative estimate of drug-likeness (QED) is 0.798. The molecule has 0 radical (unpaired) electrons. The molecule has 0 atom stereocenters. The molecule has 3 nitrogen and oxygen atoms in total. The van der Waals surface area contributed by atoms with Crippen molar-refractivity contribution in [3.63, 3.8) is 0 Å². The highest BCUT2D eigenvalue weighted by Gasteiger charge is 2.12. The summed E-state index contributed by atoms with van der Waals surface area (Å²) in [6.07, 6.45) is 0. The lowest BCUT2D eigenvalue weighted by Crippen LogP contribution is -2.10. The molecule has 1 heterocycles. The number of hydrogen-bond acceptors (Lipinski definition) is 2. The standard InChI is InChI=1S/C12H11Br2N3S/c1-6-11(14)7(2)17(16-6)8-3-4-9(12(15)18)10(13)5-8/h3-5H,1-2H3,(H2,15,18). The molecule has 0 unspecified atom stereocenters. The number of rotatable bonds is 2. The second kappa shape index (κ2) is 5.11. The number of thiocarbonyl (C=S) groups is 1. The Morgan fingerprint density at radius 2 is 2.00 bits per heavy atom. The largest absolute Gasteiger partial charge is 0.389 e. The van der Waals surface area contributed by atoms with Crippen molar-refractivity contribution >= 4 is 49.1 Å². The second-order valence-electron chi connectivity index (χ2n) is 3.93. The molecule has 1 aromatic carbocycles. The zero-order valence-electron chi connectivity index (χ0n) is 9.87. The van der Waals surface area contributed by atoms with Gasteiger partial charge in [0.05, 0.1) is 21.5 Å². The molecule has 18 heavy (non-hydrogen) atoms. The Labute approximate surface area is 128 Å². The number of aryl methyl sites for hydroxylation is 1. The zero-order chi connectivity index (χ0) is 13.4. The lowest BCUT2D eigenvalue weighted by Gasteiger charge is -2.08. The van der Waals surface area contributed by atoms with Gasteiger partial charge in [0, 0.05) is 10.0 Å². The predicted octanol–water partition coefficient (Wildman–Crippen LogP) is 3.65. The van der Waals surface area contributed by atoms with Gasteiger partial charge in [0.1, 0.15) is 4.99 Å². The summed E-state index contributed by atoms with van der Waals surface area (Å²) in [6.45, 7) is 3.98. The third-order valence-electron chi connectivity index (χ3n) is 2.67. The van der Waals surface area contributed by atoms with Crippen LogP contribution < -0.4 is 5.73 Å². The van der Waals surface area contributed by atoms with E-state index < -0.39 is 0 Å². The van der Waals surface area contributed by atoms with Gasteiger partial charge < -0.3 is 5.73 Å². The van der Waals surface area contributed by atoms with Crippen molar-refractivity contribution in [1.29, 1.82) is 0 Å². The highest BCUT2D eigenvalue weighted by molar-refractivity contribution is 9.10. The van der Waals surface area contributed by atoms with E-state index in [4.69, 9.17) is 18.0 Å². The van der Waals surface area contributed by atoms with Crippen molar-refractivity contribution < 1.29 is 0 Å². The van der Waals surface area contributed by atoms with E-state index in [0.717, 1.165) is 31.6 Å². The second-order valence-corrected chi connectivity index (χ2v) is 6.01. The minimum atomic E-state index is 0.378. The predicted molar refractivity (Wildman–Crippen MR) is 84.3 cm³/mol. The van der Waals surface area contributed by atoms with E-state index >= 15 is 0 Å². The van der Waals surface area contributed by atoms with Crippen LogP contribution in [0.1, 0.15) is 17.0 Å². The molecule has 6 heteroatoms. The van der Waals surface area contributed by atoms with Crippen molar-refractivity contribution in [1.82, 2.24) is 9.78 Å². The molecule has 0 aliphatic carbocycles. The third-order valence-corrected chi connectivity index (χ3v) is 4.69. The van der Waals surface area contributed by atoms with Crippen LogP contribution in [0.2, 0.25) is 0 Å². The first-order valence-corrected chi connectivity index (χ1v) is 7.22. The van der Waals surface area contributed by atoms with Crippen LogP contribution in [0, 0.1) is 13.8 Å². The van der Waals surface area contributed by atoms with Gasteiger partial charge in [-0.15, -0.1) is 0 Å². The maximum Gasteiger partial charge on any atom is 0.105 e. The lowest BCUT2D eigenvalue weighted by molar-refractivity contribution is 0.832. The lowest BCUT2D eigenvalue weighted by atomic mass is 10.2. The summed E-state index contributed by atoms with van der Waals surface area (Å²) in [4.78, 5) is 0.378. The normalized spacial score (nSPS) is 10.7. The monoisotopic (exact) mass is 387 g/mol. The molecule has 1 aromatic heterocycles. The van der Waals surface area contributed by atoms with Gasteiger partial charge in [-0.3, -0.25) is 0 Å². The third kappa shape index (κ3) is 2.37. The van der Waals surface area contributed by atoms with E-state index in [0.29, 0.717) is 4.99 Å². The highest BCUT2D eigenvalue weighted by atomic mass is 79.9. The van der Waals surface area contributed by atoms with Gasteiger partial charge in [-0.05, 0) is 63.9 Å². The molecular weight excluding hydrogens is 378 g/mol. The van der Waals surface area contributed by atoms with Crippen LogP contribution in [0.15, 0.2) is 27.1 Å². The molecule has 0 bridgehead atoms. The van der Waals surface area contributed by atoms with Crippen molar-refractivity contribution in [2.24, 2.45) is 5.73 Å². The van der Waals surface area contributed by atoms with Crippen LogP contribution in [0.3, 0.4) is 0 Å². The Bertz CT molecular complexity index is 634. The first kappa shape index (κ1) is 13.7. The Morgan fingerprint density at radius 1 is 1.33 bits per heavy atom. The van der Waals surface area contributed by atoms with Crippen LogP contribution in [0.5, 0.6) is 0 Å². The Morgan fingerprint density at radius 3 is 2.44 bits per heavy atom. The summed E-state index contributed by atoms with van der Waals surface area (Å²) in [6, 6.07) is 5.80. The molecule has 0 saturated carbocycles. The SMILES string of the molecule is Cc1nn(-c2ccc(C(N)=S)c(Br)c2)c(C)c1Br. The fraction of sp³-hybridized carbons (Fsp3) is 0.167. The minimum absolute atomic E-state index is 0.378. The molecule has 2 N–H and O–H groups in total. The molecule has 2 rings (SSSR count). The van der Waals surface area contributed by atoms with Gasteiger partial charge in [-0.25, -0.2) is 4.68 Å². The average molecular weight is 389 g/mol. The molecular formula is C12H11Br2N3S. The molecule has 0 aliphatic rings.